The molecule has 30 heavy (non-hydrogen) atoms. The Hall–Kier alpha value is -1.26. The molecule has 5 heteroatoms. The largest absolute Gasteiger partial charge is 0.458 e. The molecule has 11 atom stereocenters. The monoisotopic (exact) mass is 413 g/mol. The highest BCUT2D eigenvalue weighted by atomic mass is 16.6. The second-order valence-electron chi connectivity index (χ2n) is 12.3. The van der Waals surface area contributed by atoms with Crippen molar-refractivity contribution >= 4 is 11.8 Å². The topological polar surface area (TPSA) is 72.8 Å². The number of ketones is 1. The van der Waals surface area contributed by atoms with Crippen LogP contribution in [-0.4, -0.2) is 22.9 Å². The first-order valence-corrected chi connectivity index (χ1v) is 12.2. The van der Waals surface area contributed by atoms with Gasteiger partial charge in [0, 0.05) is 30.1 Å². The smallest absolute Gasteiger partial charge is 0.306 e. The molecular formula is C25H35NO4. The first-order valence-electron chi connectivity index (χ1n) is 12.2. The Kier molecular flexibility index (Phi) is 3.60. The van der Waals surface area contributed by atoms with Crippen molar-refractivity contribution in [3.63, 3.8) is 0 Å². The van der Waals surface area contributed by atoms with E-state index < -0.39 is 5.54 Å². The fraction of sp³-hybridized carbons (Fsp3) is 0.920. The zero-order valence-electron chi connectivity index (χ0n) is 18.8. The fourth-order valence-electron chi connectivity index (χ4n) is 10.5. The van der Waals surface area contributed by atoms with Gasteiger partial charge in [-0.2, -0.15) is 4.91 Å². The van der Waals surface area contributed by atoms with Gasteiger partial charge in [0.05, 0.1) is 0 Å². The number of rotatable bonds is 1. The number of esters is 1. The third-order valence-electron chi connectivity index (χ3n) is 12.0. The zero-order valence-corrected chi connectivity index (χ0v) is 18.8. The third-order valence-corrected chi connectivity index (χ3v) is 12.0. The Bertz CT molecular complexity index is 856. The van der Waals surface area contributed by atoms with Gasteiger partial charge in [0.1, 0.15) is 16.9 Å². The van der Waals surface area contributed by atoms with Crippen LogP contribution in [0.4, 0.5) is 0 Å². The van der Waals surface area contributed by atoms with Gasteiger partial charge in [-0.25, -0.2) is 0 Å². The van der Waals surface area contributed by atoms with Crippen molar-refractivity contribution in [3.05, 3.63) is 4.91 Å². The van der Waals surface area contributed by atoms with E-state index in [1.807, 2.05) is 0 Å². The van der Waals surface area contributed by atoms with Crippen LogP contribution in [0.5, 0.6) is 0 Å². The molecule has 0 aromatic rings. The van der Waals surface area contributed by atoms with Gasteiger partial charge in [-0.1, -0.05) is 32.9 Å². The predicted octanol–water partition coefficient (Wildman–Crippen LogP) is 4.91. The molecule has 0 amide bonds. The van der Waals surface area contributed by atoms with Crippen molar-refractivity contribution < 1.29 is 14.3 Å². The molecule has 6 fully saturated rings. The Morgan fingerprint density at radius 3 is 2.43 bits per heavy atom. The minimum atomic E-state index is -0.674. The van der Waals surface area contributed by atoms with Gasteiger partial charge in [-0.15, -0.1) is 0 Å². The molecule has 6 aliphatic rings. The molecule has 0 N–H and O–H groups in total. The highest BCUT2D eigenvalue weighted by molar-refractivity contribution is 5.81. The van der Waals surface area contributed by atoms with Crippen molar-refractivity contribution in [2.45, 2.75) is 90.2 Å². The van der Waals surface area contributed by atoms with Crippen LogP contribution in [0.1, 0.15) is 79.1 Å². The Morgan fingerprint density at radius 1 is 1.00 bits per heavy atom. The molecule has 1 spiro atoms. The van der Waals surface area contributed by atoms with Crippen molar-refractivity contribution in [1.29, 1.82) is 0 Å². The molecule has 1 saturated heterocycles. The van der Waals surface area contributed by atoms with Crippen LogP contribution in [0.15, 0.2) is 5.18 Å². The van der Waals surface area contributed by atoms with Gasteiger partial charge in [-0.05, 0) is 73.5 Å². The highest BCUT2D eigenvalue weighted by Crippen LogP contribution is 2.79. The minimum Gasteiger partial charge on any atom is -0.458 e. The van der Waals surface area contributed by atoms with Crippen LogP contribution < -0.4 is 0 Å². The van der Waals surface area contributed by atoms with Gasteiger partial charge in [0.15, 0.2) is 0 Å². The zero-order chi connectivity index (χ0) is 21.3. The summed E-state index contributed by atoms with van der Waals surface area (Å²) in [4.78, 5) is 37.1. The highest BCUT2D eigenvalue weighted by Gasteiger charge is 2.79. The van der Waals surface area contributed by atoms with E-state index >= 15 is 0 Å². The standard InChI is InChI=1S/C25H35NO4/c1-13-14(2)25(10-7-19(28)30-25)23(4)9-6-17-20(21(13)23)16-11-18(16)24(26-29)12-15(27)5-8-22(17,24)3/h13-14,16-18,20-21H,5-12H2,1-4H3/t13-,14+,16?,17?,18-,20?,21?,22-,23+,24-,25+/m1/s1. The molecule has 6 rings (SSSR count). The molecule has 0 aromatic heterocycles. The molecule has 4 unspecified atom stereocenters. The lowest BCUT2D eigenvalue weighted by atomic mass is 9.42. The number of carbonyl (C=O) groups excluding carboxylic acids is 2. The first kappa shape index (κ1) is 19.4. The van der Waals surface area contributed by atoms with Crippen LogP contribution in [0.25, 0.3) is 0 Å². The SMILES string of the molecule is C[C@H]1C2C3C4C[C@H]4[C@]4(N=O)CC(=O)CC[C@]4(C)C3CC[C@]2(C)[C@]2(CCC(=O)O2)[C@H]1C. The van der Waals surface area contributed by atoms with Crippen molar-refractivity contribution in [3.8, 4) is 0 Å². The Balaban J connectivity index is 1.46. The first-order chi connectivity index (χ1) is 14.2. The Labute approximate surface area is 179 Å². The lowest BCUT2D eigenvalue weighted by molar-refractivity contribution is -0.183. The summed E-state index contributed by atoms with van der Waals surface area (Å²) in [7, 11) is 0. The van der Waals surface area contributed by atoms with Crippen LogP contribution in [0.3, 0.4) is 0 Å². The number of carbonyl (C=O) groups is 2. The summed E-state index contributed by atoms with van der Waals surface area (Å²) in [6, 6.07) is 0. The van der Waals surface area contributed by atoms with E-state index in [1.165, 1.54) is 0 Å². The number of hydrogen-bond donors (Lipinski definition) is 0. The molecule has 5 saturated carbocycles. The average molecular weight is 414 g/mol. The van der Waals surface area contributed by atoms with Crippen LogP contribution in [0.2, 0.25) is 0 Å². The summed E-state index contributed by atoms with van der Waals surface area (Å²) < 4.78 is 6.23. The van der Waals surface area contributed by atoms with E-state index in [0.29, 0.717) is 54.8 Å². The molecule has 5 nitrogen and oxygen atoms in total. The van der Waals surface area contributed by atoms with Gasteiger partial charge >= 0.3 is 5.97 Å². The van der Waals surface area contributed by atoms with E-state index in [0.717, 1.165) is 32.1 Å². The van der Waals surface area contributed by atoms with Crippen molar-refractivity contribution in [1.82, 2.24) is 0 Å². The number of nitrogens with zero attached hydrogens (tertiary/aromatic N) is 1. The third kappa shape index (κ3) is 1.85. The van der Waals surface area contributed by atoms with E-state index in [1.54, 1.807) is 0 Å². The summed E-state index contributed by atoms with van der Waals surface area (Å²) in [5.74, 6) is 3.41. The number of fused-ring (bicyclic) bond motifs is 9. The molecule has 1 aliphatic heterocycles. The van der Waals surface area contributed by atoms with E-state index in [9.17, 15) is 14.5 Å². The summed E-state index contributed by atoms with van der Waals surface area (Å²) in [6.45, 7) is 9.41. The van der Waals surface area contributed by atoms with Gasteiger partial charge < -0.3 is 4.74 Å². The quantitative estimate of drug-likeness (QED) is 0.452. The molecule has 5 aliphatic carbocycles. The number of nitroso groups, excluding NO2 is 1. The summed E-state index contributed by atoms with van der Waals surface area (Å²) in [5.41, 5.74) is -1.14. The lowest BCUT2D eigenvalue weighted by Crippen LogP contribution is -2.64. The van der Waals surface area contributed by atoms with Crippen molar-refractivity contribution in [2.24, 2.45) is 57.4 Å². The molecule has 1 heterocycles. The molecule has 0 bridgehead atoms. The number of Topliss-reactive ketones (excluding diaryl/α,β-unsaturated/α-hetero) is 1. The van der Waals surface area contributed by atoms with Gasteiger partial charge in [-0.3, -0.25) is 9.59 Å². The van der Waals surface area contributed by atoms with Crippen LogP contribution in [0, 0.1) is 57.2 Å². The maximum absolute atomic E-state index is 12.4. The Morgan fingerprint density at radius 2 is 1.77 bits per heavy atom. The van der Waals surface area contributed by atoms with Crippen LogP contribution in [-0.2, 0) is 14.3 Å². The summed E-state index contributed by atoms with van der Waals surface area (Å²) in [5, 5.41) is 3.81. The van der Waals surface area contributed by atoms with E-state index in [-0.39, 0.29) is 34.1 Å². The normalized spacial score (nSPS) is 61.0. The number of ether oxygens (including phenoxy) is 1. The predicted molar refractivity (Wildman–Crippen MR) is 111 cm³/mol. The van der Waals surface area contributed by atoms with E-state index in [4.69, 9.17) is 4.74 Å². The second-order valence-corrected chi connectivity index (χ2v) is 12.3. The van der Waals surface area contributed by atoms with Crippen LogP contribution >= 0.6 is 0 Å². The van der Waals surface area contributed by atoms with E-state index in [2.05, 4.69) is 32.9 Å². The molecule has 0 radical (unpaired) electrons. The summed E-state index contributed by atoms with van der Waals surface area (Å²) >= 11 is 0. The maximum Gasteiger partial charge on any atom is 0.306 e. The second kappa shape index (κ2) is 5.56. The lowest BCUT2D eigenvalue weighted by Gasteiger charge is -2.63. The average Bonchev–Trinajstić information content (AvgIpc) is 3.39. The molecule has 164 valence electrons. The number of hydrogen-bond acceptors (Lipinski definition) is 5. The molecular weight excluding hydrogens is 378 g/mol. The van der Waals surface area contributed by atoms with Gasteiger partial charge in [0.2, 0.25) is 0 Å². The maximum atomic E-state index is 12.4. The fourth-order valence-corrected chi connectivity index (χ4v) is 10.5. The van der Waals surface area contributed by atoms with Crippen molar-refractivity contribution in [2.75, 3.05) is 0 Å². The minimum absolute atomic E-state index is 0.0156. The molecule has 0 aromatic carbocycles. The van der Waals surface area contributed by atoms with Gasteiger partial charge in [0.25, 0.3) is 0 Å². The summed E-state index contributed by atoms with van der Waals surface area (Å²) in [6.07, 6.45) is 6.37.